The SMILES string of the molecule is CN(C)Cc1cccc(COc2nccc(C(C#N)c3nc4ccccc4s3)n2)c1. The number of nitriles is 1. The molecule has 6 nitrogen and oxygen atoms in total. The third kappa shape index (κ3) is 4.62. The number of aromatic nitrogens is 3. The van der Waals surface area contributed by atoms with Crippen LogP contribution in [0.2, 0.25) is 0 Å². The first-order valence-electron chi connectivity index (χ1n) is 9.56. The molecule has 4 rings (SSSR count). The highest BCUT2D eigenvalue weighted by Crippen LogP contribution is 2.31. The van der Waals surface area contributed by atoms with Crippen molar-refractivity contribution in [2.24, 2.45) is 0 Å². The molecule has 30 heavy (non-hydrogen) atoms. The minimum atomic E-state index is -0.559. The van der Waals surface area contributed by atoms with Gasteiger partial charge < -0.3 is 9.64 Å². The summed E-state index contributed by atoms with van der Waals surface area (Å²) < 4.78 is 6.87. The average molecular weight is 416 g/mol. The molecular weight excluding hydrogens is 394 g/mol. The van der Waals surface area contributed by atoms with Gasteiger partial charge in [0.15, 0.2) is 0 Å². The minimum absolute atomic E-state index is 0.256. The average Bonchev–Trinajstić information content (AvgIpc) is 3.17. The van der Waals surface area contributed by atoms with E-state index in [9.17, 15) is 5.26 Å². The number of fused-ring (bicyclic) bond motifs is 1. The van der Waals surface area contributed by atoms with Gasteiger partial charge in [-0.05, 0) is 43.4 Å². The Morgan fingerprint density at radius 3 is 2.70 bits per heavy atom. The van der Waals surface area contributed by atoms with Gasteiger partial charge in [-0.1, -0.05) is 36.4 Å². The Morgan fingerprint density at radius 2 is 1.90 bits per heavy atom. The summed E-state index contributed by atoms with van der Waals surface area (Å²) in [6.45, 7) is 1.23. The maximum Gasteiger partial charge on any atom is 0.316 e. The van der Waals surface area contributed by atoms with Crippen LogP contribution in [0.5, 0.6) is 6.01 Å². The molecule has 0 saturated carbocycles. The molecule has 7 heteroatoms. The van der Waals surface area contributed by atoms with E-state index in [1.54, 1.807) is 12.3 Å². The van der Waals surface area contributed by atoms with Gasteiger partial charge in [0, 0.05) is 12.7 Å². The van der Waals surface area contributed by atoms with Gasteiger partial charge in [-0.2, -0.15) is 10.2 Å². The molecule has 0 radical (unpaired) electrons. The van der Waals surface area contributed by atoms with E-state index in [-0.39, 0.29) is 6.01 Å². The fourth-order valence-electron chi connectivity index (χ4n) is 3.18. The number of benzene rings is 2. The van der Waals surface area contributed by atoms with Crippen molar-refractivity contribution in [2.45, 2.75) is 19.1 Å². The predicted molar refractivity (Wildman–Crippen MR) is 117 cm³/mol. The standard InChI is InChI=1S/C23H21N5OS/c1-28(2)14-16-6-5-7-17(12-16)15-29-23-25-11-10-19(27-23)18(13-24)22-26-20-8-3-4-9-21(20)30-22/h3-12,18H,14-15H2,1-2H3. The van der Waals surface area contributed by atoms with Gasteiger partial charge in [-0.15, -0.1) is 11.3 Å². The molecule has 0 aliphatic heterocycles. The van der Waals surface area contributed by atoms with Crippen LogP contribution in [0.4, 0.5) is 0 Å². The minimum Gasteiger partial charge on any atom is -0.459 e. The molecule has 0 aliphatic rings. The second-order valence-electron chi connectivity index (χ2n) is 7.19. The Hall–Kier alpha value is -3.34. The summed E-state index contributed by atoms with van der Waals surface area (Å²) in [7, 11) is 4.08. The molecule has 2 aromatic carbocycles. The van der Waals surface area contributed by atoms with Gasteiger partial charge >= 0.3 is 6.01 Å². The summed E-state index contributed by atoms with van der Waals surface area (Å²) >= 11 is 1.51. The van der Waals surface area contributed by atoms with E-state index in [1.807, 2.05) is 50.5 Å². The van der Waals surface area contributed by atoms with Crippen molar-refractivity contribution in [3.63, 3.8) is 0 Å². The lowest BCUT2D eigenvalue weighted by Gasteiger charge is -2.11. The molecule has 0 N–H and O–H groups in total. The van der Waals surface area contributed by atoms with Crippen LogP contribution in [-0.2, 0) is 13.2 Å². The lowest BCUT2D eigenvalue weighted by atomic mass is 10.1. The van der Waals surface area contributed by atoms with E-state index in [0.717, 1.165) is 27.3 Å². The molecule has 1 unspecified atom stereocenters. The molecule has 1 atom stereocenters. The molecule has 0 spiro atoms. The van der Waals surface area contributed by atoms with E-state index < -0.39 is 5.92 Å². The van der Waals surface area contributed by atoms with E-state index >= 15 is 0 Å². The highest BCUT2D eigenvalue weighted by atomic mass is 32.1. The van der Waals surface area contributed by atoms with Crippen LogP contribution in [0, 0.1) is 11.3 Å². The summed E-state index contributed by atoms with van der Waals surface area (Å²) in [6.07, 6.45) is 1.62. The smallest absolute Gasteiger partial charge is 0.316 e. The fraction of sp³-hybridized carbons (Fsp3) is 0.217. The summed E-state index contributed by atoms with van der Waals surface area (Å²) in [6, 6.07) is 20.4. The Morgan fingerprint density at radius 1 is 1.07 bits per heavy atom. The van der Waals surface area contributed by atoms with Gasteiger partial charge in [-0.3, -0.25) is 0 Å². The van der Waals surface area contributed by atoms with Crippen LogP contribution < -0.4 is 4.74 Å². The van der Waals surface area contributed by atoms with E-state index in [1.165, 1.54) is 16.9 Å². The van der Waals surface area contributed by atoms with Crippen molar-refractivity contribution in [1.29, 1.82) is 5.26 Å². The molecule has 0 bridgehead atoms. The maximum atomic E-state index is 9.77. The molecule has 2 aromatic heterocycles. The molecule has 2 heterocycles. The molecule has 0 saturated heterocycles. The Labute approximate surface area is 179 Å². The normalized spacial score (nSPS) is 12.1. The number of rotatable bonds is 7. The number of hydrogen-bond donors (Lipinski definition) is 0. The second kappa shape index (κ2) is 8.99. The first kappa shape index (κ1) is 20.0. The zero-order chi connectivity index (χ0) is 20.9. The van der Waals surface area contributed by atoms with Crippen molar-refractivity contribution >= 4 is 21.6 Å². The summed E-state index contributed by atoms with van der Waals surface area (Å²) in [5, 5.41) is 10.5. The molecule has 0 fully saturated rings. The first-order valence-corrected chi connectivity index (χ1v) is 10.4. The zero-order valence-corrected chi connectivity index (χ0v) is 17.6. The quantitative estimate of drug-likeness (QED) is 0.446. The number of para-hydroxylation sites is 1. The van der Waals surface area contributed by atoms with Crippen LogP contribution in [-0.4, -0.2) is 33.9 Å². The monoisotopic (exact) mass is 415 g/mol. The topological polar surface area (TPSA) is 74.9 Å². The van der Waals surface area contributed by atoms with Gasteiger partial charge in [0.05, 0.1) is 22.0 Å². The van der Waals surface area contributed by atoms with E-state index in [2.05, 4.69) is 38.1 Å². The van der Waals surface area contributed by atoms with Crippen LogP contribution >= 0.6 is 11.3 Å². The van der Waals surface area contributed by atoms with Crippen molar-refractivity contribution < 1.29 is 4.74 Å². The molecule has 4 aromatic rings. The van der Waals surface area contributed by atoms with E-state index in [0.29, 0.717) is 12.3 Å². The van der Waals surface area contributed by atoms with Crippen molar-refractivity contribution in [1.82, 2.24) is 19.9 Å². The summed E-state index contributed by atoms with van der Waals surface area (Å²) in [4.78, 5) is 15.4. The number of ether oxygens (including phenoxy) is 1. The Kier molecular flexibility index (Phi) is 5.98. The van der Waals surface area contributed by atoms with Crippen molar-refractivity contribution in [3.8, 4) is 12.1 Å². The Balaban J connectivity index is 1.51. The highest BCUT2D eigenvalue weighted by molar-refractivity contribution is 7.18. The molecule has 0 amide bonds. The molecule has 150 valence electrons. The van der Waals surface area contributed by atoms with Gasteiger partial charge in [0.25, 0.3) is 0 Å². The summed E-state index contributed by atoms with van der Waals surface area (Å²) in [5.41, 5.74) is 3.74. The zero-order valence-electron chi connectivity index (χ0n) is 16.8. The van der Waals surface area contributed by atoms with Gasteiger partial charge in [0.1, 0.15) is 17.5 Å². The molecule has 0 aliphatic carbocycles. The number of thiazole rings is 1. The molecular formula is C23H21N5OS. The predicted octanol–water partition coefficient (Wildman–Crippen LogP) is 4.38. The van der Waals surface area contributed by atoms with Crippen molar-refractivity contribution in [2.75, 3.05) is 14.1 Å². The van der Waals surface area contributed by atoms with Crippen LogP contribution in [0.3, 0.4) is 0 Å². The van der Waals surface area contributed by atoms with Crippen LogP contribution in [0.1, 0.15) is 27.7 Å². The number of nitrogens with zero attached hydrogens (tertiary/aromatic N) is 5. The van der Waals surface area contributed by atoms with E-state index in [4.69, 9.17) is 4.74 Å². The highest BCUT2D eigenvalue weighted by Gasteiger charge is 2.20. The van der Waals surface area contributed by atoms with Crippen LogP contribution in [0.15, 0.2) is 60.8 Å². The van der Waals surface area contributed by atoms with Gasteiger partial charge in [-0.25, -0.2) is 9.97 Å². The largest absolute Gasteiger partial charge is 0.459 e. The third-order valence-electron chi connectivity index (χ3n) is 4.50. The first-order chi connectivity index (χ1) is 14.6. The lowest BCUT2D eigenvalue weighted by molar-refractivity contribution is 0.279. The fourth-order valence-corrected chi connectivity index (χ4v) is 4.20. The number of hydrogen-bond acceptors (Lipinski definition) is 7. The van der Waals surface area contributed by atoms with Crippen molar-refractivity contribution in [3.05, 3.63) is 82.6 Å². The Bertz CT molecular complexity index is 1160. The lowest BCUT2D eigenvalue weighted by Crippen LogP contribution is -2.11. The maximum absolute atomic E-state index is 9.77. The second-order valence-corrected chi connectivity index (χ2v) is 8.25. The summed E-state index contributed by atoms with van der Waals surface area (Å²) in [5.74, 6) is -0.559. The van der Waals surface area contributed by atoms with Gasteiger partial charge in [0.2, 0.25) is 0 Å². The van der Waals surface area contributed by atoms with Crippen LogP contribution in [0.25, 0.3) is 10.2 Å². The third-order valence-corrected chi connectivity index (χ3v) is 5.60.